The summed E-state index contributed by atoms with van der Waals surface area (Å²) in [5.74, 6) is 0.264. The Hall–Kier alpha value is -2.22. The van der Waals surface area contributed by atoms with E-state index in [1.165, 1.54) is 15.4 Å². The van der Waals surface area contributed by atoms with Gasteiger partial charge in [0.25, 0.3) is 5.91 Å². The number of sulfonamides is 1. The molecule has 0 saturated carbocycles. The van der Waals surface area contributed by atoms with Crippen LogP contribution in [-0.4, -0.2) is 62.8 Å². The van der Waals surface area contributed by atoms with E-state index in [4.69, 9.17) is 0 Å². The molecule has 0 aliphatic carbocycles. The third kappa shape index (κ3) is 3.49. The number of rotatable bonds is 3. The van der Waals surface area contributed by atoms with Crippen LogP contribution in [0.15, 0.2) is 47.4 Å². The molecule has 2 aromatic carbocycles. The molecule has 5 rings (SSSR count). The maximum Gasteiger partial charge on any atom is 0.258 e. The van der Waals surface area contributed by atoms with E-state index >= 15 is 0 Å². The lowest BCUT2D eigenvalue weighted by molar-refractivity contribution is 0.0964. The van der Waals surface area contributed by atoms with Gasteiger partial charge in [-0.05, 0) is 75.7 Å². The van der Waals surface area contributed by atoms with E-state index < -0.39 is 10.0 Å². The molecule has 1 amide bonds. The van der Waals surface area contributed by atoms with Crippen molar-refractivity contribution < 1.29 is 13.2 Å². The lowest BCUT2D eigenvalue weighted by Gasteiger charge is -2.36. The van der Waals surface area contributed by atoms with Crippen molar-refractivity contribution in [1.29, 1.82) is 0 Å². The van der Waals surface area contributed by atoms with Crippen LogP contribution in [0.3, 0.4) is 0 Å². The molecular weight excluding hydrogens is 410 g/mol. The van der Waals surface area contributed by atoms with Crippen molar-refractivity contribution in [2.75, 3.05) is 38.1 Å². The second-order valence-electron chi connectivity index (χ2n) is 9.10. The van der Waals surface area contributed by atoms with Crippen molar-refractivity contribution in [3.05, 3.63) is 59.2 Å². The van der Waals surface area contributed by atoms with E-state index in [1.54, 1.807) is 24.3 Å². The molecule has 2 unspecified atom stereocenters. The van der Waals surface area contributed by atoms with E-state index in [0.717, 1.165) is 38.0 Å². The second-order valence-corrected chi connectivity index (χ2v) is 11.0. The minimum atomic E-state index is -3.48. The standard InChI is InChI=1S/C24H29N3O3S/c1-17-5-10-22-20(15-17)21-16-25(2)14-11-23(21)27(22)24(28)18-6-8-19(9-7-18)31(29,30)26-12-3-4-13-26/h5-10,15,21,23H,3-4,11-14,16H2,1-2H3. The first-order chi connectivity index (χ1) is 14.9. The van der Waals surface area contributed by atoms with Crippen molar-refractivity contribution in [2.24, 2.45) is 0 Å². The van der Waals surface area contributed by atoms with E-state index in [2.05, 4.69) is 37.1 Å². The van der Waals surface area contributed by atoms with Gasteiger partial charge in [-0.25, -0.2) is 8.42 Å². The Morgan fingerprint density at radius 2 is 1.71 bits per heavy atom. The summed E-state index contributed by atoms with van der Waals surface area (Å²) in [6, 6.07) is 13.0. The Labute approximate surface area is 184 Å². The number of anilines is 1. The van der Waals surface area contributed by atoms with Crippen molar-refractivity contribution in [2.45, 2.75) is 43.0 Å². The maximum absolute atomic E-state index is 13.6. The molecule has 6 nitrogen and oxygen atoms in total. The summed E-state index contributed by atoms with van der Waals surface area (Å²) in [7, 11) is -1.34. The number of amides is 1. The topological polar surface area (TPSA) is 60.9 Å². The molecule has 31 heavy (non-hydrogen) atoms. The highest BCUT2D eigenvalue weighted by Crippen LogP contribution is 2.45. The van der Waals surface area contributed by atoms with Gasteiger partial charge in [0.1, 0.15) is 0 Å². The molecular formula is C24H29N3O3S. The molecule has 3 aliphatic heterocycles. The molecule has 2 saturated heterocycles. The van der Waals surface area contributed by atoms with Gasteiger partial charge < -0.3 is 9.80 Å². The third-order valence-electron chi connectivity index (χ3n) is 6.98. The first kappa shape index (κ1) is 20.7. The van der Waals surface area contributed by atoms with E-state index in [-0.39, 0.29) is 16.8 Å². The lowest BCUT2D eigenvalue weighted by Crippen LogP contribution is -2.47. The monoisotopic (exact) mass is 439 g/mol. The summed E-state index contributed by atoms with van der Waals surface area (Å²) in [5, 5.41) is 0. The van der Waals surface area contributed by atoms with Crippen molar-refractivity contribution in [3.8, 4) is 0 Å². The summed E-state index contributed by atoms with van der Waals surface area (Å²) < 4.78 is 27.2. The number of nitrogens with zero attached hydrogens (tertiary/aromatic N) is 3. The fourth-order valence-electron chi connectivity index (χ4n) is 5.33. The molecule has 0 bridgehead atoms. The minimum Gasteiger partial charge on any atom is -0.306 e. The number of hydrogen-bond donors (Lipinski definition) is 0. The molecule has 0 spiro atoms. The number of aryl methyl sites for hydroxylation is 1. The molecule has 0 aromatic heterocycles. The number of carbonyl (C=O) groups is 1. The second kappa shape index (κ2) is 7.73. The van der Waals surface area contributed by atoms with Gasteiger partial charge in [-0.15, -0.1) is 0 Å². The number of fused-ring (bicyclic) bond motifs is 3. The summed E-state index contributed by atoms with van der Waals surface area (Å²) in [6.07, 6.45) is 2.74. The minimum absolute atomic E-state index is 0.0488. The molecule has 0 N–H and O–H groups in total. The molecule has 3 aliphatic rings. The van der Waals surface area contributed by atoms with Gasteiger partial charge in [-0.1, -0.05) is 17.7 Å². The first-order valence-corrected chi connectivity index (χ1v) is 12.5. The van der Waals surface area contributed by atoms with Crippen LogP contribution in [0.2, 0.25) is 0 Å². The average molecular weight is 440 g/mol. The van der Waals surface area contributed by atoms with Gasteiger partial charge in [0.15, 0.2) is 0 Å². The first-order valence-electron chi connectivity index (χ1n) is 11.1. The molecule has 164 valence electrons. The molecule has 0 radical (unpaired) electrons. The quantitative estimate of drug-likeness (QED) is 0.737. The highest BCUT2D eigenvalue weighted by atomic mass is 32.2. The highest BCUT2D eigenvalue weighted by Gasteiger charge is 2.44. The number of carbonyl (C=O) groups excluding carboxylic acids is 1. The van der Waals surface area contributed by atoms with Crippen molar-refractivity contribution in [1.82, 2.24) is 9.21 Å². The van der Waals surface area contributed by atoms with Gasteiger partial charge in [-0.2, -0.15) is 4.31 Å². The summed E-state index contributed by atoms with van der Waals surface area (Å²) >= 11 is 0. The molecule has 7 heteroatoms. The average Bonchev–Trinajstić information content (AvgIpc) is 3.40. The zero-order valence-corrected chi connectivity index (χ0v) is 18.9. The highest BCUT2D eigenvalue weighted by molar-refractivity contribution is 7.89. The maximum atomic E-state index is 13.6. The lowest BCUT2D eigenvalue weighted by atomic mass is 9.88. The van der Waals surface area contributed by atoms with Crippen LogP contribution in [0.1, 0.15) is 46.7 Å². The van der Waals surface area contributed by atoms with E-state index in [0.29, 0.717) is 24.6 Å². The van der Waals surface area contributed by atoms with Gasteiger partial charge in [-0.3, -0.25) is 4.79 Å². The predicted molar refractivity (Wildman–Crippen MR) is 121 cm³/mol. The third-order valence-corrected chi connectivity index (χ3v) is 8.89. The molecule has 3 heterocycles. The van der Waals surface area contributed by atoms with Crippen LogP contribution in [0, 0.1) is 6.92 Å². The Morgan fingerprint density at radius 3 is 2.42 bits per heavy atom. The Kier molecular flexibility index (Phi) is 5.15. The molecule has 2 fully saturated rings. The largest absolute Gasteiger partial charge is 0.306 e. The Bertz CT molecular complexity index is 1110. The van der Waals surface area contributed by atoms with Crippen LogP contribution >= 0.6 is 0 Å². The van der Waals surface area contributed by atoms with Crippen molar-refractivity contribution >= 4 is 21.6 Å². The normalized spacial score (nSPS) is 24.3. The van der Waals surface area contributed by atoms with Crippen LogP contribution in [0.4, 0.5) is 5.69 Å². The van der Waals surface area contributed by atoms with Crippen LogP contribution in [-0.2, 0) is 10.0 Å². The summed E-state index contributed by atoms with van der Waals surface area (Å²) in [6.45, 7) is 5.14. The van der Waals surface area contributed by atoms with Crippen molar-refractivity contribution in [3.63, 3.8) is 0 Å². The number of hydrogen-bond acceptors (Lipinski definition) is 4. The van der Waals surface area contributed by atoms with Gasteiger partial charge in [0, 0.05) is 42.8 Å². The predicted octanol–water partition coefficient (Wildman–Crippen LogP) is 3.23. The van der Waals surface area contributed by atoms with Gasteiger partial charge in [0.2, 0.25) is 10.0 Å². The van der Waals surface area contributed by atoms with Crippen LogP contribution in [0.25, 0.3) is 0 Å². The number of piperidine rings is 1. The van der Waals surface area contributed by atoms with Gasteiger partial charge >= 0.3 is 0 Å². The van der Waals surface area contributed by atoms with Crippen LogP contribution in [0.5, 0.6) is 0 Å². The fourth-order valence-corrected chi connectivity index (χ4v) is 6.85. The molecule has 2 atom stereocenters. The fraction of sp³-hybridized carbons (Fsp3) is 0.458. The summed E-state index contributed by atoms with van der Waals surface area (Å²) in [5.41, 5.74) is 3.98. The van der Waals surface area contributed by atoms with Gasteiger partial charge in [0.05, 0.1) is 4.90 Å². The summed E-state index contributed by atoms with van der Waals surface area (Å²) in [4.78, 5) is 18.2. The van der Waals surface area contributed by atoms with Crippen LogP contribution < -0.4 is 4.90 Å². The zero-order valence-electron chi connectivity index (χ0n) is 18.1. The molecule has 2 aromatic rings. The number of likely N-dealkylation sites (N-methyl/N-ethyl adjacent to an activating group) is 1. The van der Waals surface area contributed by atoms with E-state index in [9.17, 15) is 13.2 Å². The van der Waals surface area contributed by atoms with E-state index in [1.807, 2.05) is 4.90 Å². The Balaban J connectivity index is 1.46. The number of likely N-dealkylation sites (tertiary alicyclic amines) is 1. The smallest absolute Gasteiger partial charge is 0.258 e. The zero-order chi connectivity index (χ0) is 21.8. The SMILES string of the molecule is Cc1ccc2c(c1)C1CN(C)CCC1N2C(=O)c1ccc(S(=O)(=O)N2CCCC2)cc1. The Morgan fingerprint density at radius 1 is 1.00 bits per heavy atom. The number of benzene rings is 2.